The van der Waals surface area contributed by atoms with Crippen LogP contribution in [0, 0.1) is 11.8 Å². The van der Waals surface area contributed by atoms with Gasteiger partial charge in [-0.3, -0.25) is 14.5 Å². The molecule has 7 nitrogen and oxygen atoms in total. The number of nitrogens with one attached hydrogen (secondary N) is 2. The molecule has 7 heteroatoms. The van der Waals surface area contributed by atoms with Crippen molar-refractivity contribution in [2.45, 2.75) is 70.8 Å². The number of nitrogens with zero attached hydrogens (tertiary/aromatic N) is 2. The fourth-order valence-corrected chi connectivity index (χ4v) is 5.18. The summed E-state index contributed by atoms with van der Waals surface area (Å²) in [5, 5.41) is 5.71. The van der Waals surface area contributed by atoms with Gasteiger partial charge < -0.3 is 15.5 Å². The lowest BCUT2D eigenvalue weighted by molar-refractivity contribution is -0.135. The highest BCUT2D eigenvalue weighted by Crippen LogP contribution is 2.33. The number of hydrogen-bond donors (Lipinski definition) is 2. The van der Waals surface area contributed by atoms with E-state index < -0.39 is 11.6 Å². The maximum Gasteiger partial charge on any atom is 0.325 e. The molecule has 0 aromatic rings. The van der Waals surface area contributed by atoms with Gasteiger partial charge in [-0.2, -0.15) is 0 Å². The lowest BCUT2D eigenvalue weighted by Crippen LogP contribution is -2.49. The van der Waals surface area contributed by atoms with Gasteiger partial charge in [0.2, 0.25) is 5.91 Å². The van der Waals surface area contributed by atoms with Crippen molar-refractivity contribution in [3.8, 4) is 0 Å². The molecule has 0 aromatic heterocycles. The molecule has 2 N–H and O–H groups in total. The van der Waals surface area contributed by atoms with Crippen molar-refractivity contribution in [2.24, 2.45) is 11.8 Å². The van der Waals surface area contributed by atoms with Crippen LogP contribution < -0.4 is 10.6 Å². The van der Waals surface area contributed by atoms with Crippen LogP contribution in [0.15, 0.2) is 0 Å². The molecule has 28 heavy (non-hydrogen) atoms. The van der Waals surface area contributed by atoms with E-state index in [1.54, 1.807) is 0 Å². The number of carbonyl (C=O) groups excluding carboxylic acids is 3. The fraction of sp³-hybridized carbons (Fsp3) is 0.857. The number of rotatable bonds is 7. The Morgan fingerprint density at radius 3 is 2.46 bits per heavy atom. The van der Waals surface area contributed by atoms with E-state index in [-0.39, 0.29) is 18.4 Å². The number of hydrogen-bond acceptors (Lipinski definition) is 4. The average Bonchev–Trinajstić information content (AvgIpc) is 2.85. The SMILES string of the molecule is CC1CC(C)CN(CCCCNC(=O)CN2C(=O)NC3(CCCCC3)C2=O)C1. The van der Waals surface area contributed by atoms with Crippen molar-refractivity contribution in [1.29, 1.82) is 0 Å². The molecule has 0 bridgehead atoms. The third-order valence-corrected chi connectivity index (χ3v) is 6.42. The maximum absolute atomic E-state index is 12.7. The Morgan fingerprint density at radius 1 is 1.11 bits per heavy atom. The third-order valence-electron chi connectivity index (χ3n) is 6.42. The zero-order valence-corrected chi connectivity index (χ0v) is 17.5. The highest BCUT2D eigenvalue weighted by Gasteiger charge is 2.51. The quantitative estimate of drug-likeness (QED) is 0.514. The van der Waals surface area contributed by atoms with Crippen molar-refractivity contribution in [3.63, 3.8) is 0 Å². The molecule has 1 aliphatic carbocycles. The standard InChI is InChI=1S/C21H36N4O3/c1-16-12-17(2)14-24(13-16)11-7-6-10-22-18(26)15-25-19(27)21(23-20(25)28)8-4-3-5-9-21/h16-17H,3-15H2,1-2H3,(H,22,26)(H,23,28). The van der Waals surface area contributed by atoms with E-state index in [2.05, 4.69) is 29.4 Å². The van der Waals surface area contributed by atoms with Crippen LogP contribution in [0.3, 0.4) is 0 Å². The Morgan fingerprint density at radius 2 is 1.79 bits per heavy atom. The third kappa shape index (κ3) is 5.04. The van der Waals surface area contributed by atoms with Crippen LogP contribution in [0.5, 0.6) is 0 Å². The Labute approximate surface area is 168 Å². The summed E-state index contributed by atoms with van der Waals surface area (Å²) in [6.45, 7) is 8.46. The topological polar surface area (TPSA) is 81.8 Å². The summed E-state index contributed by atoms with van der Waals surface area (Å²) in [5.41, 5.74) is -0.752. The predicted octanol–water partition coefficient (Wildman–Crippen LogP) is 2.12. The summed E-state index contributed by atoms with van der Waals surface area (Å²) < 4.78 is 0. The monoisotopic (exact) mass is 392 g/mol. The summed E-state index contributed by atoms with van der Waals surface area (Å²) in [4.78, 5) is 40.7. The molecule has 158 valence electrons. The second-order valence-corrected chi connectivity index (χ2v) is 9.23. The zero-order valence-electron chi connectivity index (χ0n) is 17.5. The largest absolute Gasteiger partial charge is 0.355 e. The molecule has 3 fully saturated rings. The molecular formula is C21H36N4O3. The van der Waals surface area contributed by atoms with E-state index in [0.29, 0.717) is 19.4 Å². The fourth-order valence-electron chi connectivity index (χ4n) is 5.18. The summed E-state index contributed by atoms with van der Waals surface area (Å²) in [5.74, 6) is 1.05. The second kappa shape index (κ2) is 9.25. The Hall–Kier alpha value is -1.63. The first-order valence-electron chi connectivity index (χ1n) is 11.0. The Balaban J connectivity index is 1.34. The lowest BCUT2D eigenvalue weighted by atomic mass is 9.82. The Kier molecular flexibility index (Phi) is 6.96. The van der Waals surface area contributed by atoms with Crippen LogP contribution in [0.1, 0.15) is 65.2 Å². The van der Waals surface area contributed by atoms with Gasteiger partial charge in [-0.15, -0.1) is 0 Å². The highest BCUT2D eigenvalue weighted by molar-refractivity contribution is 6.09. The molecule has 2 saturated heterocycles. The second-order valence-electron chi connectivity index (χ2n) is 9.23. The van der Waals surface area contributed by atoms with Crippen molar-refractivity contribution >= 4 is 17.8 Å². The molecular weight excluding hydrogens is 356 g/mol. The van der Waals surface area contributed by atoms with Gasteiger partial charge in [0.25, 0.3) is 5.91 Å². The van der Waals surface area contributed by atoms with Gasteiger partial charge in [-0.25, -0.2) is 4.79 Å². The molecule has 1 spiro atoms. The number of carbonyl (C=O) groups is 3. The van der Waals surface area contributed by atoms with E-state index in [9.17, 15) is 14.4 Å². The van der Waals surface area contributed by atoms with Crippen LogP contribution in [0.4, 0.5) is 4.79 Å². The van der Waals surface area contributed by atoms with Crippen LogP contribution in [0.25, 0.3) is 0 Å². The first kappa shape index (κ1) is 21.1. The predicted molar refractivity (Wildman–Crippen MR) is 108 cm³/mol. The number of amides is 4. The number of likely N-dealkylation sites (tertiary alicyclic amines) is 1. The van der Waals surface area contributed by atoms with E-state index in [1.807, 2.05) is 0 Å². The van der Waals surface area contributed by atoms with Crippen molar-refractivity contribution in [3.05, 3.63) is 0 Å². The van der Waals surface area contributed by atoms with Crippen molar-refractivity contribution in [1.82, 2.24) is 20.4 Å². The first-order valence-corrected chi connectivity index (χ1v) is 11.0. The Bertz CT molecular complexity index is 578. The molecule has 3 rings (SSSR count). The molecule has 0 radical (unpaired) electrons. The molecule has 2 unspecified atom stereocenters. The normalized spacial score (nSPS) is 27.9. The van der Waals surface area contributed by atoms with Crippen molar-refractivity contribution in [2.75, 3.05) is 32.7 Å². The number of unbranched alkanes of at least 4 members (excludes halogenated alkanes) is 1. The molecule has 0 aromatic carbocycles. The molecule has 2 aliphatic heterocycles. The smallest absolute Gasteiger partial charge is 0.325 e. The summed E-state index contributed by atoms with van der Waals surface area (Å²) >= 11 is 0. The highest BCUT2D eigenvalue weighted by atomic mass is 16.2. The van der Waals surface area contributed by atoms with Crippen LogP contribution in [0.2, 0.25) is 0 Å². The van der Waals surface area contributed by atoms with Crippen LogP contribution >= 0.6 is 0 Å². The van der Waals surface area contributed by atoms with Gasteiger partial charge in [0.1, 0.15) is 12.1 Å². The zero-order chi connectivity index (χ0) is 20.1. The minimum absolute atomic E-state index is 0.173. The number of imide groups is 1. The molecule has 2 atom stereocenters. The summed E-state index contributed by atoms with van der Waals surface area (Å²) in [6, 6.07) is -0.421. The van der Waals surface area contributed by atoms with E-state index in [0.717, 1.165) is 55.4 Å². The van der Waals surface area contributed by atoms with E-state index >= 15 is 0 Å². The number of urea groups is 1. The summed E-state index contributed by atoms with van der Waals surface area (Å²) in [6.07, 6.45) is 7.63. The molecule has 1 saturated carbocycles. The first-order chi connectivity index (χ1) is 13.4. The molecule has 2 heterocycles. The van der Waals surface area contributed by atoms with Gasteiger partial charge in [-0.05, 0) is 50.5 Å². The minimum atomic E-state index is -0.752. The van der Waals surface area contributed by atoms with Crippen molar-refractivity contribution < 1.29 is 14.4 Å². The number of piperidine rings is 1. The molecule has 3 aliphatic rings. The van der Waals surface area contributed by atoms with Gasteiger partial charge in [-0.1, -0.05) is 33.1 Å². The van der Waals surface area contributed by atoms with Crippen LogP contribution in [-0.2, 0) is 9.59 Å². The maximum atomic E-state index is 12.7. The van der Waals surface area contributed by atoms with Gasteiger partial charge >= 0.3 is 6.03 Å². The lowest BCUT2D eigenvalue weighted by Gasteiger charge is -2.34. The van der Waals surface area contributed by atoms with E-state index in [4.69, 9.17) is 0 Å². The van der Waals surface area contributed by atoms with Gasteiger partial charge in [0, 0.05) is 19.6 Å². The summed E-state index contributed by atoms with van der Waals surface area (Å²) in [7, 11) is 0. The molecule has 4 amide bonds. The van der Waals surface area contributed by atoms with Gasteiger partial charge in [0.05, 0.1) is 0 Å². The average molecular weight is 393 g/mol. The van der Waals surface area contributed by atoms with Crippen LogP contribution in [-0.4, -0.2) is 65.9 Å². The minimum Gasteiger partial charge on any atom is -0.355 e. The van der Waals surface area contributed by atoms with E-state index in [1.165, 1.54) is 19.5 Å². The van der Waals surface area contributed by atoms with Gasteiger partial charge in [0.15, 0.2) is 0 Å².